The van der Waals surface area contributed by atoms with Crippen LogP contribution in [0.3, 0.4) is 0 Å². The van der Waals surface area contributed by atoms with E-state index in [0.717, 1.165) is 5.56 Å². The third-order valence-electron chi connectivity index (χ3n) is 5.96. The van der Waals surface area contributed by atoms with Crippen molar-refractivity contribution < 1.29 is 19.5 Å². The number of pyridine rings is 1. The molecule has 0 bridgehead atoms. The third kappa shape index (κ3) is 4.52. The maximum absolute atomic E-state index is 13.9. The number of rotatable bonds is 6. The van der Waals surface area contributed by atoms with Gasteiger partial charge < -0.3 is 10.4 Å². The molecule has 2 N–H and O–H groups in total. The summed E-state index contributed by atoms with van der Waals surface area (Å²) in [5.74, 6) is -1.97. The average molecular weight is 511 g/mol. The number of benzene rings is 2. The van der Waals surface area contributed by atoms with Crippen molar-refractivity contribution in [2.75, 3.05) is 10.2 Å². The molecule has 2 aromatic heterocycles. The largest absolute Gasteiger partial charge is 0.503 e. The Morgan fingerprint density at radius 1 is 1.00 bits per heavy atom. The third-order valence-corrected chi connectivity index (χ3v) is 7.17. The molecule has 1 aliphatic heterocycles. The van der Waals surface area contributed by atoms with E-state index in [0.29, 0.717) is 32.5 Å². The molecule has 9 heteroatoms. The molecule has 4 aromatic rings. The first-order valence-electron chi connectivity index (χ1n) is 11.5. The predicted octanol–water partition coefficient (Wildman–Crippen LogP) is 5.25. The SMILES string of the molecule is CC(=O)Nc1ccc(N2C(=O)C(O)=C(C(=O)c3sc(-c4ccccc4)nc3C)C2c2ccncc2)cc1. The second-order valence-electron chi connectivity index (χ2n) is 8.48. The van der Waals surface area contributed by atoms with Gasteiger partial charge in [0.15, 0.2) is 5.76 Å². The molecule has 1 aliphatic rings. The fourth-order valence-electron chi connectivity index (χ4n) is 4.31. The number of ketones is 1. The Labute approximate surface area is 216 Å². The lowest BCUT2D eigenvalue weighted by atomic mass is 9.95. The minimum Gasteiger partial charge on any atom is -0.503 e. The molecule has 5 rings (SSSR count). The highest BCUT2D eigenvalue weighted by atomic mass is 32.1. The van der Waals surface area contributed by atoms with Crippen LogP contribution in [-0.2, 0) is 9.59 Å². The highest BCUT2D eigenvalue weighted by molar-refractivity contribution is 7.17. The number of Topliss-reactive ketones (excluding diaryl/α,β-unsaturated/α-hetero) is 1. The molecule has 184 valence electrons. The summed E-state index contributed by atoms with van der Waals surface area (Å²) in [6.07, 6.45) is 3.14. The Balaban J connectivity index is 1.58. The Hall–Kier alpha value is -4.63. The number of hydrogen-bond donors (Lipinski definition) is 2. The Morgan fingerprint density at radius 3 is 2.32 bits per heavy atom. The summed E-state index contributed by atoms with van der Waals surface area (Å²) in [6, 6.07) is 18.7. The molecule has 2 aromatic carbocycles. The number of aromatic nitrogens is 2. The van der Waals surface area contributed by atoms with Crippen molar-refractivity contribution in [1.29, 1.82) is 0 Å². The van der Waals surface area contributed by atoms with E-state index in [1.807, 2.05) is 30.3 Å². The first-order valence-corrected chi connectivity index (χ1v) is 12.3. The van der Waals surface area contributed by atoms with Gasteiger partial charge in [0.2, 0.25) is 11.7 Å². The molecule has 1 unspecified atom stereocenters. The van der Waals surface area contributed by atoms with Crippen molar-refractivity contribution in [3.8, 4) is 10.6 Å². The van der Waals surface area contributed by atoms with Crippen molar-refractivity contribution in [3.63, 3.8) is 0 Å². The molecule has 0 saturated heterocycles. The van der Waals surface area contributed by atoms with Crippen molar-refractivity contribution in [2.24, 2.45) is 0 Å². The van der Waals surface area contributed by atoms with Crippen LogP contribution in [0.25, 0.3) is 10.6 Å². The minimum atomic E-state index is -0.878. The van der Waals surface area contributed by atoms with Crippen LogP contribution in [0.4, 0.5) is 11.4 Å². The molecule has 0 aliphatic carbocycles. The molecule has 8 nitrogen and oxygen atoms in total. The van der Waals surface area contributed by atoms with Crippen molar-refractivity contribution in [3.05, 3.63) is 107 Å². The fourth-order valence-corrected chi connectivity index (χ4v) is 5.33. The van der Waals surface area contributed by atoms with Crippen LogP contribution in [0.15, 0.2) is 90.5 Å². The quantitative estimate of drug-likeness (QED) is 0.343. The summed E-state index contributed by atoms with van der Waals surface area (Å²) in [5.41, 5.74) is 3.02. The van der Waals surface area contributed by atoms with E-state index < -0.39 is 23.5 Å². The van der Waals surface area contributed by atoms with E-state index in [9.17, 15) is 19.5 Å². The van der Waals surface area contributed by atoms with E-state index >= 15 is 0 Å². The van der Waals surface area contributed by atoms with Gasteiger partial charge in [-0.3, -0.25) is 24.3 Å². The highest BCUT2D eigenvalue weighted by Gasteiger charge is 2.45. The van der Waals surface area contributed by atoms with Crippen LogP contribution in [0.2, 0.25) is 0 Å². The molecule has 0 saturated carbocycles. The van der Waals surface area contributed by atoms with Gasteiger partial charge in [0.1, 0.15) is 5.01 Å². The monoisotopic (exact) mass is 510 g/mol. The second kappa shape index (κ2) is 9.79. The number of aliphatic hydroxyl groups is 1. The summed E-state index contributed by atoms with van der Waals surface area (Å²) in [5, 5.41) is 14.4. The van der Waals surface area contributed by atoms with Gasteiger partial charge in [0.25, 0.3) is 5.91 Å². The van der Waals surface area contributed by atoms with E-state index in [4.69, 9.17) is 0 Å². The summed E-state index contributed by atoms with van der Waals surface area (Å²) < 4.78 is 0. The average Bonchev–Trinajstić information content (AvgIpc) is 3.42. The van der Waals surface area contributed by atoms with Gasteiger partial charge in [0.05, 0.1) is 22.2 Å². The maximum atomic E-state index is 13.9. The molecule has 0 radical (unpaired) electrons. The van der Waals surface area contributed by atoms with Gasteiger partial charge >= 0.3 is 0 Å². The van der Waals surface area contributed by atoms with E-state index in [1.165, 1.54) is 23.2 Å². The standard InChI is InChI=1S/C28H22N4O4S/c1-16-26(37-27(30-16)19-6-4-3-5-7-19)24(34)22-23(18-12-14-29-15-13-18)32(28(36)25(22)35)21-10-8-20(9-11-21)31-17(2)33/h3-15,23,35H,1-2H3,(H,31,33). The molecular weight excluding hydrogens is 488 g/mol. The normalized spacial score (nSPS) is 15.2. The number of carbonyl (C=O) groups is 3. The lowest BCUT2D eigenvalue weighted by molar-refractivity contribution is -0.117. The second-order valence-corrected chi connectivity index (χ2v) is 9.48. The van der Waals surface area contributed by atoms with Gasteiger partial charge in [-0.15, -0.1) is 11.3 Å². The topological polar surface area (TPSA) is 112 Å². The Morgan fingerprint density at radius 2 is 1.68 bits per heavy atom. The molecule has 37 heavy (non-hydrogen) atoms. The van der Waals surface area contributed by atoms with Gasteiger partial charge in [0, 0.05) is 36.3 Å². The van der Waals surface area contributed by atoms with Crippen molar-refractivity contribution in [2.45, 2.75) is 19.9 Å². The van der Waals surface area contributed by atoms with Gasteiger partial charge in [-0.25, -0.2) is 4.98 Å². The number of aryl methyl sites for hydroxylation is 1. The summed E-state index contributed by atoms with van der Waals surface area (Å²) in [4.78, 5) is 49.1. The summed E-state index contributed by atoms with van der Waals surface area (Å²) in [6.45, 7) is 3.15. The number of carbonyl (C=O) groups excluding carboxylic acids is 3. The molecule has 0 spiro atoms. The number of aliphatic hydroxyl groups excluding tert-OH is 1. The van der Waals surface area contributed by atoms with Gasteiger partial charge in [-0.2, -0.15) is 0 Å². The molecule has 0 fully saturated rings. The number of nitrogens with one attached hydrogen (secondary N) is 1. The summed E-state index contributed by atoms with van der Waals surface area (Å²) >= 11 is 1.22. The lowest BCUT2D eigenvalue weighted by Gasteiger charge is -2.27. The molecular formula is C28H22N4O4S. The number of nitrogens with zero attached hydrogens (tertiary/aromatic N) is 3. The molecule has 1 atom stereocenters. The predicted molar refractivity (Wildman–Crippen MR) is 141 cm³/mol. The minimum absolute atomic E-state index is 0.0199. The highest BCUT2D eigenvalue weighted by Crippen LogP contribution is 2.43. The zero-order valence-electron chi connectivity index (χ0n) is 20.0. The van der Waals surface area contributed by atoms with E-state index in [2.05, 4.69) is 15.3 Å². The van der Waals surface area contributed by atoms with Crippen LogP contribution in [0, 0.1) is 6.92 Å². The number of thiazole rings is 1. The zero-order valence-corrected chi connectivity index (χ0v) is 20.8. The Kier molecular flexibility index (Phi) is 6.37. The zero-order chi connectivity index (χ0) is 26.1. The van der Waals surface area contributed by atoms with Crippen LogP contribution >= 0.6 is 11.3 Å². The smallest absolute Gasteiger partial charge is 0.294 e. The van der Waals surface area contributed by atoms with Crippen LogP contribution in [0.5, 0.6) is 0 Å². The van der Waals surface area contributed by atoms with Crippen LogP contribution in [-0.4, -0.2) is 32.7 Å². The molecule has 3 heterocycles. The maximum Gasteiger partial charge on any atom is 0.294 e. The van der Waals surface area contributed by atoms with Crippen LogP contribution in [0.1, 0.15) is 33.9 Å². The van der Waals surface area contributed by atoms with E-state index in [-0.39, 0.29) is 11.5 Å². The Bertz CT molecular complexity index is 1530. The fraction of sp³-hybridized carbons (Fsp3) is 0.107. The first kappa shape index (κ1) is 24.1. The molecule has 2 amide bonds. The van der Waals surface area contributed by atoms with Gasteiger partial charge in [-0.05, 0) is 48.9 Å². The van der Waals surface area contributed by atoms with Crippen LogP contribution < -0.4 is 10.2 Å². The lowest BCUT2D eigenvalue weighted by Crippen LogP contribution is -2.31. The first-order chi connectivity index (χ1) is 17.8. The van der Waals surface area contributed by atoms with E-state index in [1.54, 1.807) is 55.7 Å². The van der Waals surface area contributed by atoms with Gasteiger partial charge in [-0.1, -0.05) is 30.3 Å². The number of anilines is 2. The number of hydrogen-bond acceptors (Lipinski definition) is 7. The van der Waals surface area contributed by atoms with Crippen molar-refractivity contribution in [1.82, 2.24) is 9.97 Å². The number of amides is 2. The van der Waals surface area contributed by atoms with Crippen molar-refractivity contribution >= 4 is 40.3 Å². The summed E-state index contributed by atoms with van der Waals surface area (Å²) in [7, 11) is 0.